The average Bonchev–Trinajstić information content (AvgIpc) is 2.55. The van der Waals surface area contributed by atoms with E-state index in [1.165, 1.54) is 0 Å². The molecular formula is C7H4BrNOS. The normalized spacial score (nSPS) is 10.3. The van der Waals surface area contributed by atoms with Crippen molar-refractivity contribution < 1.29 is 4.42 Å². The van der Waals surface area contributed by atoms with Crippen LogP contribution in [0.5, 0.6) is 0 Å². The number of furan rings is 1. The number of nitrogens with zero attached hydrogens (tertiary/aromatic N) is 1. The van der Waals surface area contributed by atoms with Crippen molar-refractivity contribution in [1.82, 2.24) is 4.98 Å². The second kappa shape index (κ2) is 2.79. The summed E-state index contributed by atoms with van der Waals surface area (Å²) in [5.74, 6) is 0.804. The maximum atomic E-state index is 5.29. The highest BCUT2D eigenvalue weighted by atomic mass is 79.9. The summed E-state index contributed by atoms with van der Waals surface area (Å²) < 4.78 is 6.03. The molecule has 2 nitrogen and oxygen atoms in total. The Morgan fingerprint density at radius 3 is 2.91 bits per heavy atom. The smallest absolute Gasteiger partial charge is 0.169 e. The quantitative estimate of drug-likeness (QED) is 0.751. The minimum atomic E-state index is 0.737. The minimum Gasteiger partial charge on any atom is -0.448 e. The lowest BCUT2D eigenvalue weighted by molar-refractivity contribution is 0.554. The van der Waals surface area contributed by atoms with Crippen LogP contribution in [0, 0.1) is 0 Å². The van der Waals surface area contributed by atoms with Crippen LogP contribution in [0.2, 0.25) is 0 Å². The molecule has 0 fully saturated rings. The summed E-state index contributed by atoms with van der Waals surface area (Å²) in [4.78, 5) is 4.10. The summed E-state index contributed by atoms with van der Waals surface area (Å²) in [5.41, 5.74) is 2.67. The lowest BCUT2D eigenvalue weighted by Crippen LogP contribution is -1.68. The van der Waals surface area contributed by atoms with Crippen LogP contribution in [0.3, 0.4) is 0 Å². The third-order valence-electron chi connectivity index (χ3n) is 1.26. The zero-order valence-electron chi connectivity index (χ0n) is 5.45. The predicted molar refractivity (Wildman–Crippen MR) is 47.5 cm³/mol. The Morgan fingerprint density at radius 2 is 2.36 bits per heavy atom. The first-order valence-corrected chi connectivity index (χ1v) is 4.74. The fraction of sp³-hybridized carbons (Fsp3) is 0. The van der Waals surface area contributed by atoms with Gasteiger partial charge in [-0.05, 0) is 28.1 Å². The number of hydrogen-bond donors (Lipinski definition) is 0. The Kier molecular flexibility index (Phi) is 1.79. The van der Waals surface area contributed by atoms with Crippen molar-refractivity contribution in [2.75, 3.05) is 0 Å². The van der Waals surface area contributed by atoms with Gasteiger partial charge in [0.1, 0.15) is 5.69 Å². The SMILES string of the molecule is Brc1ccc(-c2cscn2)o1. The van der Waals surface area contributed by atoms with Crippen molar-refractivity contribution in [2.45, 2.75) is 0 Å². The van der Waals surface area contributed by atoms with Crippen LogP contribution >= 0.6 is 27.3 Å². The summed E-state index contributed by atoms with van der Waals surface area (Å²) in [7, 11) is 0. The molecule has 0 aliphatic carbocycles. The van der Waals surface area contributed by atoms with Crippen molar-refractivity contribution in [3.63, 3.8) is 0 Å². The predicted octanol–water partition coefficient (Wildman–Crippen LogP) is 3.17. The van der Waals surface area contributed by atoms with Crippen molar-refractivity contribution in [2.24, 2.45) is 0 Å². The van der Waals surface area contributed by atoms with Gasteiger partial charge in [0, 0.05) is 5.38 Å². The summed E-state index contributed by atoms with van der Waals surface area (Å²) in [5, 5.41) is 1.95. The van der Waals surface area contributed by atoms with Crippen molar-refractivity contribution in [1.29, 1.82) is 0 Å². The molecule has 11 heavy (non-hydrogen) atoms. The zero-order chi connectivity index (χ0) is 7.68. The molecule has 0 radical (unpaired) electrons. The van der Waals surface area contributed by atoms with E-state index in [2.05, 4.69) is 20.9 Å². The fourth-order valence-corrected chi connectivity index (χ4v) is 1.63. The van der Waals surface area contributed by atoms with Crippen molar-refractivity contribution in [3.8, 4) is 11.5 Å². The van der Waals surface area contributed by atoms with Crippen LogP contribution in [0.15, 0.2) is 32.1 Å². The molecule has 0 saturated heterocycles. The van der Waals surface area contributed by atoms with E-state index in [4.69, 9.17) is 4.42 Å². The Labute approximate surface area is 76.0 Å². The number of rotatable bonds is 1. The molecule has 0 aliphatic rings. The molecule has 4 heteroatoms. The maximum Gasteiger partial charge on any atom is 0.169 e. The molecule has 0 unspecified atom stereocenters. The summed E-state index contributed by atoms with van der Waals surface area (Å²) in [6.07, 6.45) is 0. The lowest BCUT2D eigenvalue weighted by Gasteiger charge is -1.85. The average molecular weight is 230 g/mol. The van der Waals surface area contributed by atoms with Crippen LogP contribution in [-0.2, 0) is 0 Å². The molecule has 0 aromatic carbocycles. The van der Waals surface area contributed by atoms with E-state index < -0.39 is 0 Å². The van der Waals surface area contributed by atoms with Crippen LogP contribution in [0.1, 0.15) is 0 Å². The van der Waals surface area contributed by atoms with Crippen molar-refractivity contribution in [3.05, 3.63) is 27.7 Å². The Hall–Kier alpha value is -0.610. The van der Waals surface area contributed by atoms with Gasteiger partial charge in [0.15, 0.2) is 10.4 Å². The van der Waals surface area contributed by atoms with Crippen molar-refractivity contribution >= 4 is 27.3 Å². The molecule has 2 heterocycles. The van der Waals surface area contributed by atoms with Crippen LogP contribution in [0.25, 0.3) is 11.5 Å². The first-order valence-electron chi connectivity index (χ1n) is 3.00. The highest BCUT2D eigenvalue weighted by Gasteiger charge is 2.03. The van der Waals surface area contributed by atoms with Gasteiger partial charge in [0.25, 0.3) is 0 Å². The molecule has 0 bridgehead atoms. The first-order chi connectivity index (χ1) is 5.36. The Morgan fingerprint density at radius 1 is 1.45 bits per heavy atom. The van der Waals surface area contributed by atoms with E-state index in [0.717, 1.165) is 16.1 Å². The monoisotopic (exact) mass is 229 g/mol. The molecule has 0 spiro atoms. The molecule has 0 aliphatic heterocycles. The van der Waals surface area contributed by atoms with E-state index in [9.17, 15) is 0 Å². The molecule has 0 amide bonds. The van der Waals surface area contributed by atoms with Crippen LogP contribution in [-0.4, -0.2) is 4.98 Å². The number of hydrogen-bond acceptors (Lipinski definition) is 3. The van der Waals surface area contributed by atoms with E-state index in [-0.39, 0.29) is 0 Å². The molecule has 2 aromatic heterocycles. The van der Waals surface area contributed by atoms with Crippen LogP contribution < -0.4 is 0 Å². The van der Waals surface area contributed by atoms with Gasteiger partial charge in [-0.3, -0.25) is 0 Å². The molecule has 0 N–H and O–H groups in total. The molecule has 0 atom stereocenters. The van der Waals surface area contributed by atoms with Crippen LogP contribution in [0.4, 0.5) is 0 Å². The van der Waals surface area contributed by atoms with Gasteiger partial charge >= 0.3 is 0 Å². The number of halogens is 1. The molecule has 2 rings (SSSR count). The van der Waals surface area contributed by atoms with E-state index in [1.54, 1.807) is 16.8 Å². The maximum absolute atomic E-state index is 5.29. The second-order valence-corrected chi connectivity index (χ2v) is 3.48. The molecule has 2 aromatic rings. The van der Waals surface area contributed by atoms with Gasteiger partial charge in [-0.1, -0.05) is 0 Å². The fourth-order valence-electron chi connectivity index (χ4n) is 0.786. The van der Waals surface area contributed by atoms with Gasteiger partial charge in [0.05, 0.1) is 5.51 Å². The van der Waals surface area contributed by atoms with E-state index in [1.807, 2.05) is 17.5 Å². The molecule has 0 saturated carbocycles. The number of aromatic nitrogens is 1. The van der Waals surface area contributed by atoms with Gasteiger partial charge in [0.2, 0.25) is 0 Å². The third kappa shape index (κ3) is 1.36. The van der Waals surface area contributed by atoms with Gasteiger partial charge in [-0.25, -0.2) is 4.98 Å². The Balaban J connectivity index is 2.45. The highest BCUT2D eigenvalue weighted by Crippen LogP contribution is 2.24. The minimum absolute atomic E-state index is 0.737. The van der Waals surface area contributed by atoms with E-state index in [0.29, 0.717) is 0 Å². The van der Waals surface area contributed by atoms with Gasteiger partial charge in [-0.2, -0.15) is 0 Å². The topological polar surface area (TPSA) is 26.0 Å². The summed E-state index contributed by atoms with van der Waals surface area (Å²) in [6.45, 7) is 0. The van der Waals surface area contributed by atoms with E-state index >= 15 is 0 Å². The second-order valence-electron chi connectivity index (χ2n) is 1.98. The highest BCUT2D eigenvalue weighted by molar-refractivity contribution is 9.10. The van der Waals surface area contributed by atoms with Gasteiger partial charge in [-0.15, -0.1) is 11.3 Å². The molecule has 56 valence electrons. The summed E-state index contributed by atoms with van der Waals surface area (Å²) in [6, 6.07) is 3.74. The Bertz CT molecular complexity index is 341. The first kappa shape index (κ1) is 7.06. The summed E-state index contributed by atoms with van der Waals surface area (Å²) >= 11 is 4.78. The largest absolute Gasteiger partial charge is 0.448 e. The van der Waals surface area contributed by atoms with Gasteiger partial charge < -0.3 is 4.42 Å². The molecular weight excluding hydrogens is 226 g/mol. The number of thiazole rings is 1. The standard InChI is InChI=1S/C7H4BrNOS/c8-7-2-1-6(10-7)5-3-11-4-9-5/h1-4H. The third-order valence-corrected chi connectivity index (χ3v) is 2.27. The zero-order valence-corrected chi connectivity index (χ0v) is 7.85. The lowest BCUT2D eigenvalue weighted by atomic mass is 10.4.